The van der Waals surface area contributed by atoms with Gasteiger partial charge in [-0.3, -0.25) is 9.89 Å². The molecule has 7 nitrogen and oxygen atoms in total. The molecule has 1 saturated carbocycles. The molecule has 0 unspecified atom stereocenters. The van der Waals surface area contributed by atoms with Crippen LogP contribution in [0, 0.1) is 17.8 Å². The lowest BCUT2D eigenvalue weighted by Crippen LogP contribution is -2.36. The van der Waals surface area contributed by atoms with Gasteiger partial charge in [-0.25, -0.2) is 4.98 Å². The van der Waals surface area contributed by atoms with E-state index in [4.69, 9.17) is 9.15 Å². The van der Waals surface area contributed by atoms with Crippen LogP contribution in [0.2, 0.25) is 0 Å². The number of carbonyl (C=O) groups is 1. The summed E-state index contributed by atoms with van der Waals surface area (Å²) in [7, 11) is 0. The number of carbonyl (C=O) groups excluding carboxylic acids is 1. The number of ether oxygens (including phenoxy) is 1. The van der Waals surface area contributed by atoms with Crippen LogP contribution in [0.15, 0.2) is 22.8 Å². The Bertz CT molecular complexity index is 710. The maximum atomic E-state index is 12.3. The van der Waals surface area contributed by atoms with Crippen LogP contribution in [-0.2, 0) is 16.1 Å². The molecule has 0 radical (unpaired) electrons. The second-order valence-corrected chi connectivity index (χ2v) is 6.35. The Hall–Kier alpha value is -2.15. The van der Waals surface area contributed by atoms with Crippen molar-refractivity contribution in [2.75, 3.05) is 0 Å². The zero-order chi connectivity index (χ0) is 14.7. The normalized spacial score (nSPS) is 34.6. The Morgan fingerprint density at radius 3 is 3.14 bits per heavy atom. The molecule has 2 aliphatic heterocycles. The van der Waals surface area contributed by atoms with E-state index in [1.807, 2.05) is 0 Å². The van der Waals surface area contributed by atoms with Crippen LogP contribution in [0.3, 0.4) is 0 Å². The number of nitrogens with zero attached hydrogens (tertiary/aromatic N) is 2. The van der Waals surface area contributed by atoms with Crippen LogP contribution in [-0.4, -0.2) is 33.3 Å². The van der Waals surface area contributed by atoms with Gasteiger partial charge in [0.05, 0.1) is 30.9 Å². The van der Waals surface area contributed by atoms with E-state index in [-0.39, 0.29) is 17.9 Å². The largest absolute Gasteiger partial charge is 0.461 e. The molecule has 5 atom stereocenters. The minimum atomic E-state index is 0.00113. The molecular formula is C15H16N4O3. The first-order valence-electron chi connectivity index (χ1n) is 7.68. The fourth-order valence-electron chi connectivity index (χ4n) is 3.90. The Kier molecular flexibility index (Phi) is 2.49. The van der Waals surface area contributed by atoms with Gasteiger partial charge in [-0.15, -0.1) is 5.10 Å². The summed E-state index contributed by atoms with van der Waals surface area (Å²) in [5, 5.41) is 9.85. The van der Waals surface area contributed by atoms with Crippen LogP contribution in [0.1, 0.15) is 18.7 Å². The van der Waals surface area contributed by atoms with E-state index in [1.165, 1.54) is 6.42 Å². The van der Waals surface area contributed by atoms with E-state index in [0.29, 0.717) is 36.0 Å². The topological polar surface area (TPSA) is 93.0 Å². The average Bonchev–Trinajstić information content (AvgIpc) is 3.03. The summed E-state index contributed by atoms with van der Waals surface area (Å²) in [6, 6.07) is 3.58. The van der Waals surface area contributed by atoms with E-state index in [1.54, 1.807) is 18.4 Å². The monoisotopic (exact) mass is 300 g/mol. The van der Waals surface area contributed by atoms with Gasteiger partial charge in [0.2, 0.25) is 11.7 Å². The summed E-state index contributed by atoms with van der Waals surface area (Å²) >= 11 is 0. The molecule has 5 rings (SSSR count). The quantitative estimate of drug-likeness (QED) is 0.882. The number of nitrogens with one attached hydrogen (secondary N) is 2. The Balaban J connectivity index is 1.22. The fraction of sp³-hybridized carbons (Fsp3) is 0.533. The van der Waals surface area contributed by atoms with Crippen molar-refractivity contribution in [3.05, 3.63) is 24.2 Å². The van der Waals surface area contributed by atoms with Crippen LogP contribution >= 0.6 is 0 Å². The highest BCUT2D eigenvalue weighted by Gasteiger charge is 2.64. The van der Waals surface area contributed by atoms with Gasteiger partial charge in [0.25, 0.3) is 0 Å². The van der Waals surface area contributed by atoms with Crippen molar-refractivity contribution in [1.29, 1.82) is 0 Å². The first-order chi connectivity index (χ1) is 10.8. The van der Waals surface area contributed by atoms with Crippen molar-refractivity contribution in [1.82, 2.24) is 20.5 Å². The minimum absolute atomic E-state index is 0.00113. The van der Waals surface area contributed by atoms with Crippen molar-refractivity contribution in [3.63, 3.8) is 0 Å². The van der Waals surface area contributed by atoms with Crippen LogP contribution in [0.4, 0.5) is 0 Å². The van der Waals surface area contributed by atoms with Gasteiger partial charge in [-0.05, 0) is 36.8 Å². The molecule has 2 saturated heterocycles. The summed E-state index contributed by atoms with van der Waals surface area (Å²) in [5.74, 6) is 3.15. The first-order valence-corrected chi connectivity index (χ1v) is 7.68. The third-order valence-electron chi connectivity index (χ3n) is 5.05. The van der Waals surface area contributed by atoms with Gasteiger partial charge in [0.1, 0.15) is 5.82 Å². The van der Waals surface area contributed by atoms with E-state index in [9.17, 15) is 4.79 Å². The molecule has 2 aromatic heterocycles. The van der Waals surface area contributed by atoms with Crippen LogP contribution in [0.5, 0.6) is 0 Å². The highest BCUT2D eigenvalue weighted by Crippen LogP contribution is 2.60. The molecule has 1 amide bonds. The van der Waals surface area contributed by atoms with Crippen molar-refractivity contribution in [2.45, 2.75) is 31.6 Å². The smallest absolute Gasteiger partial charge is 0.226 e. The number of H-pyrrole nitrogens is 1. The van der Waals surface area contributed by atoms with Gasteiger partial charge in [0, 0.05) is 0 Å². The number of rotatable bonds is 4. The molecule has 0 spiro atoms. The molecule has 2 aromatic rings. The summed E-state index contributed by atoms with van der Waals surface area (Å²) in [5.41, 5.74) is 0. The summed E-state index contributed by atoms with van der Waals surface area (Å²) in [6.07, 6.45) is 4.15. The molecule has 0 aromatic carbocycles. The van der Waals surface area contributed by atoms with Crippen molar-refractivity contribution < 1.29 is 13.9 Å². The van der Waals surface area contributed by atoms with Crippen molar-refractivity contribution in [2.24, 2.45) is 17.8 Å². The maximum Gasteiger partial charge on any atom is 0.226 e. The first kappa shape index (κ1) is 12.4. The lowest BCUT2D eigenvalue weighted by atomic mass is 9.88. The Morgan fingerprint density at radius 2 is 2.36 bits per heavy atom. The molecule has 4 heterocycles. The zero-order valence-corrected chi connectivity index (χ0v) is 11.9. The molecule has 2 N–H and O–H groups in total. The summed E-state index contributed by atoms with van der Waals surface area (Å²) < 4.78 is 11.1. The maximum absolute atomic E-state index is 12.3. The molecule has 22 heavy (non-hydrogen) atoms. The Morgan fingerprint density at radius 1 is 1.41 bits per heavy atom. The highest BCUT2D eigenvalue weighted by atomic mass is 16.5. The number of aromatic nitrogens is 3. The SMILES string of the molecule is O=C(NCc1nc(-c2ccco2)n[nH]1)[C@@H]1C[C@@H]2O[C@H]1[C@H]1C[C@H]12. The number of amides is 1. The van der Waals surface area contributed by atoms with Gasteiger partial charge in [-0.2, -0.15) is 0 Å². The fourth-order valence-corrected chi connectivity index (χ4v) is 3.90. The van der Waals surface area contributed by atoms with Crippen molar-refractivity contribution >= 4 is 5.91 Å². The molecule has 7 heteroatoms. The van der Waals surface area contributed by atoms with E-state index in [0.717, 1.165) is 12.3 Å². The minimum Gasteiger partial charge on any atom is -0.461 e. The number of hydrogen-bond donors (Lipinski definition) is 2. The predicted molar refractivity (Wildman–Crippen MR) is 74.3 cm³/mol. The van der Waals surface area contributed by atoms with E-state index < -0.39 is 0 Å². The lowest BCUT2D eigenvalue weighted by Gasteiger charge is -2.17. The number of hydrogen-bond acceptors (Lipinski definition) is 5. The average molecular weight is 300 g/mol. The molecular weight excluding hydrogens is 284 g/mol. The molecule has 3 fully saturated rings. The third-order valence-corrected chi connectivity index (χ3v) is 5.05. The third kappa shape index (κ3) is 1.81. The number of furan rings is 1. The second kappa shape index (κ2) is 4.42. The molecule has 2 bridgehead atoms. The summed E-state index contributed by atoms with van der Waals surface area (Å²) in [4.78, 5) is 16.7. The zero-order valence-electron chi connectivity index (χ0n) is 11.9. The number of aromatic amines is 1. The molecule has 1 aliphatic carbocycles. The summed E-state index contributed by atoms with van der Waals surface area (Å²) in [6.45, 7) is 0.342. The predicted octanol–water partition coefficient (Wildman–Crippen LogP) is 1.10. The van der Waals surface area contributed by atoms with Gasteiger partial charge in [-0.1, -0.05) is 0 Å². The van der Waals surface area contributed by atoms with Crippen molar-refractivity contribution in [3.8, 4) is 11.6 Å². The number of fused-ring (bicyclic) bond motifs is 5. The van der Waals surface area contributed by atoms with Crippen LogP contribution < -0.4 is 5.32 Å². The lowest BCUT2D eigenvalue weighted by molar-refractivity contribution is -0.127. The second-order valence-electron chi connectivity index (χ2n) is 6.35. The van der Waals surface area contributed by atoms with Gasteiger partial charge in [0.15, 0.2) is 5.76 Å². The van der Waals surface area contributed by atoms with Crippen LogP contribution in [0.25, 0.3) is 11.6 Å². The Labute approximate surface area is 126 Å². The molecule has 3 aliphatic rings. The highest BCUT2D eigenvalue weighted by molar-refractivity contribution is 5.80. The standard InChI is InChI=1S/C15H16N4O3/c20-15(9-5-11-7-4-8(7)13(9)22-11)16-6-12-17-14(19-18-12)10-2-1-3-21-10/h1-3,7-9,11,13H,4-6H2,(H,16,20)(H,17,18,19)/t7-,8+,9-,11+,13+/m1/s1. The van der Waals surface area contributed by atoms with Gasteiger partial charge >= 0.3 is 0 Å². The molecule has 114 valence electrons. The van der Waals surface area contributed by atoms with E-state index >= 15 is 0 Å². The van der Waals surface area contributed by atoms with Gasteiger partial charge < -0.3 is 14.5 Å². The van der Waals surface area contributed by atoms with E-state index in [2.05, 4.69) is 20.5 Å².